The van der Waals surface area contributed by atoms with E-state index in [9.17, 15) is 4.79 Å². The van der Waals surface area contributed by atoms with Gasteiger partial charge in [-0.25, -0.2) is 4.79 Å². The number of hydrogen-bond donors (Lipinski definition) is 0. The summed E-state index contributed by atoms with van der Waals surface area (Å²) in [6.07, 6.45) is 3.12. The average molecular weight is 322 g/mol. The number of hydrogen-bond acceptors (Lipinski definition) is 4. The third kappa shape index (κ3) is 2.48. The number of fused-ring (bicyclic) bond motifs is 4. The Hall–Kier alpha value is -1.26. The quantitative estimate of drug-likeness (QED) is 0.785. The molecule has 3 saturated heterocycles. The lowest BCUT2D eigenvalue weighted by molar-refractivity contribution is -0.0457. The summed E-state index contributed by atoms with van der Waals surface area (Å²) >= 11 is 6.15. The van der Waals surface area contributed by atoms with Crippen molar-refractivity contribution in [1.82, 2.24) is 4.90 Å². The molecule has 1 aromatic carbocycles. The predicted octanol–water partition coefficient (Wildman–Crippen LogP) is 2.91. The van der Waals surface area contributed by atoms with Crippen molar-refractivity contribution >= 4 is 17.6 Å². The summed E-state index contributed by atoms with van der Waals surface area (Å²) in [6.45, 7) is 5.12. The third-order valence-electron chi connectivity index (χ3n) is 5.03. The lowest BCUT2D eigenvalue weighted by Gasteiger charge is -2.43. The first-order valence-corrected chi connectivity index (χ1v) is 8.40. The maximum Gasteiger partial charge on any atom is 0.342 e. The van der Waals surface area contributed by atoms with E-state index in [1.807, 2.05) is 13.0 Å². The molecule has 5 rings (SSSR count). The topological polar surface area (TPSA) is 38.8 Å². The molecule has 4 aliphatic rings. The Labute approximate surface area is 135 Å². The first-order valence-electron chi connectivity index (χ1n) is 8.02. The van der Waals surface area contributed by atoms with E-state index >= 15 is 0 Å². The fourth-order valence-corrected chi connectivity index (χ4v) is 4.13. The summed E-state index contributed by atoms with van der Waals surface area (Å²) < 4.78 is 11.6. The van der Waals surface area contributed by atoms with Crippen LogP contribution in [-0.2, 0) is 11.2 Å². The van der Waals surface area contributed by atoms with Crippen LogP contribution in [-0.4, -0.2) is 42.7 Å². The van der Waals surface area contributed by atoms with Crippen LogP contribution < -0.4 is 4.74 Å². The minimum absolute atomic E-state index is 0.00320. The maximum atomic E-state index is 12.6. The monoisotopic (exact) mass is 321 g/mol. The van der Waals surface area contributed by atoms with Crippen LogP contribution in [0.4, 0.5) is 0 Å². The zero-order valence-corrected chi connectivity index (χ0v) is 13.4. The van der Waals surface area contributed by atoms with E-state index in [0.29, 0.717) is 22.3 Å². The number of nitrogens with zero attached hydrogens (tertiary/aromatic N) is 1. The SMILES string of the molecule is CC1Cc2cc(Cl)cc(C(=O)OC3CN4CCC3CC4)c2O1. The summed E-state index contributed by atoms with van der Waals surface area (Å²) in [5, 5.41) is 0.567. The molecule has 0 amide bonds. The van der Waals surface area contributed by atoms with Crippen LogP contribution in [0.2, 0.25) is 5.02 Å². The second-order valence-corrected chi connectivity index (χ2v) is 7.09. The molecule has 118 valence electrons. The van der Waals surface area contributed by atoms with Gasteiger partial charge in [0.15, 0.2) is 0 Å². The molecule has 0 spiro atoms. The highest BCUT2D eigenvalue weighted by Crippen LogP contribution is 2.37. The van der Waals surface area contributed by atoms with Crippen molar-refractivity contribution in [3.63, 3.8) is 0 Å². The molecular weight excluding hydrogens is 302 g/mol. The van der Waals surface area contributed by atoms with E-state index in [2.05, 4.69) is 4.90 Å². The summed E-state index contributed by atoms with van der Waals surface area (Å²) in [5.74, 6) is 0.857. The second kappa shape index (κ2) is 5.43. The molecule has 3 fully saturated rings. The molecule has 5 heteroatoms. The van der Waals surface area contributed by atoms with Crippen molar-refractivity contribution in [2.75, 3.05) is 19.6 Å². The van der Waals surface area contributed by atoms with E-state index in [4.69, 9.17) is 21.1 Å². The minimum Gasteiger partial charge on any atom is -0.489 e. The van der Waals surface area contributed by atoms with Crippen LogP contribution >= 0.6 is 11.6 Å². The molecule has 0 N–H and O–H groups in total. The van der Waals surface area contributed by atoms with Crippen LogP contribution in [0, 0.1) is 5.92 Å². The highest BCUT2D eigenvalue weighted by molar-refractivity contribution is 6.31. The Kier molecular flexibility index (Phi) is 3.54. The van der Waals surface area contributed by atoms with Gasteiger partial charge in [-0.05, 0) is 50.9 Å². The molecule has 4 aliphatic heterocycles. The van der Waals surface area contributed by atoms with Crippen molar-refractivity contribution in [2.45, 2.75) is 38.4 Å². The summed E-state index contributed by atoms with van der Waals surface area (Å²) in [5.41, 5.74) is 1.48. The lowest BCUT2D eigenvalue weighted by atomic mass is 9.86. The van der Waals surface area contributed by atoms with Crippen LogP contribution in [0.15, 0.2) is 12.1 Å². The number of ether oxygens (including phenoxy) is 2. The highest BCUT2D eigenvalue weighted by atomic mass is 35.5. The number of rotatable bonds is 2. The molecule has 4 heterocycles. The van der Waals surface area contributed by atoms with Gasteiger partial charge in [-0.1, -0.05) is 11.6 Å². The average Bonchev–Trinajstić information content (AvgIpc) is 2.87. The molecule has 0 radical (unpaired) electrons. The molecule has 1 aromatic rings. The van der Waals surface area contributed by atoms with E-state index < -0.39 is 0 Å². The van der Waals surface area contributed by atoms with Crippen molar-refractivity contribution in [3.05, 3.63) is 28.3 Å². The molecule has 22 heavy (non-hydrogen) atoms. The largest absolute Gasteiger partial charge is 0.489 e. The van der Waals surface area contributed by atoms with Crippen molar-refractivity contribution in [3.8, 4) is 5.75 Å². The van der Waals surface area contributed by atoms with E-state index in [1.54, 1.807) is 6.07 Å². The van der Waals surface area contributed by atoms with Crippen LogP contribution in [0.25, 0.3) is 0 Å². The van der Waals surface area contributed by atoms with Gasteiger partial charge >= 0.3 is 5.97 Å². The van der Waals surface area contributed by atoms with Gasteiger partial charge in [0.25, 0.3) is 0 Å². The molecule has 4 nitrogen and oxygen atoms in total. The molecule has 0 aromatic heterocycles. The number of carbonyl (C=O) groups is 1. The number of esters is 1. The summed E-state index contributed by atoms with van der Waals surface area (Å²) in [6, 6.07) is 3.55. The van der Waals surface area contributed by atoms with Gasteiger partial charge in [-0.2, -0.15) is 0 Å². The zero-order chi connectivity index (χ0) is 15.3. The fraction of sp³-hybridized carbons (Fsp3) is 0.588. The predicted molar refractivity (Wildman–Crippen MR) is 83.6 cm³/mol. The lowest BCUT2D eigenvalue weighted by Crippen LogP contribution is -2.51. The first-order chi connectivity index (χ1) is 10.6. The van der Waals surface area contributed by atoms with Gasteiger partial charge in [0.2, 0.25) is 0 Å². The number of piperidine rings is 3. The van der Waals surface area contributed by atoms with Crippen molar-refractivity contribution in [2.24, 2.45) is 5.92 Å². The van der Waals surface area contributed by atoms with Crippen molar-refractivity contribution in [1.29, 1.82) is 0 Å². The Balaban J connectivity index is 1.56. The second-order valence-electron chi connectivity index (χ2n) is 6.66. The minimum atomic E-state index is -0.299. The molecule has 2 bridgehead atoms. The van der Waals surface area contributed by atoms with Gasteiger partial charge in [-0.15, -0.1) is 0 Å². The smallest absolute Gasteiger partial charge is 0.342 e. The maximum absolute atomic E-state index is 12.6. The van der Waals surface area contributed by atoms with Gasteiger partial charge in [0.1, 0.15) is 23.5 Å². The number of benzene rings is 1. The highest BCUT2D eigenvalue weighted by Gasteiger charge is 2.37. The van der Waals surface area contributed by atoms with Crippen LogP contribution in [0.5, 0.6) is 5.75 Å². The summed E-state index contributed by atoms with van der Waals surface area (Å²) in [7, 11) is 0. The number of halogens is 1. The van der Waals surface area contributed by atoms with Gasteiger partial charge in [-0.3, -0.25) is 4.90 Å². The Morgan fingerprint density at radius 2 is 2.14 bits per heavy atom. The summed E-state index contributed by atoms with van der Waals surface area (Å²) in [4.78, 5) is 15.0. The number of carbonyl (C=O) groups excluding carboxylic acids is 1. The first kappa shape index (κ1) is 14.3. The fourth-order valence-electron chi connectivity index (χ4n) is 3.89. The van der Waals surface area contributed by atoms with E-state index in [1.165, 1.54) is 0 Å². The Bertz CT molecular complexity index is 610. The Morgan fingerprint density at radius 3 is 2.82 bits per heavy atom. The van der Waals surface area contributed by atoms with Gasteiger partial charge in [0.05, 0.1) is 0 Å². The van der Waals surface area contributed by atoms with Crippen molar-refractivity contribution < 1.29 is 14.3 Å². The zero-order valence-electron chi connectivity index (χ0n) is 12.7. The standard InChI is InChI=1S/C17H20ClNO3/c1-10-6-12-7-13(18)8-14(16(12)21-10)17(20)22-15-9-19-4-2-11(15)3-5-19/h7-8,10-11,15H,2-6,9H2,1H3. The Morgan fingerprint density at radius 1 is 1.36 bits per heavy atom. The molecule has 2 unspecified atom stereocenters. The molecule has 2 atom stereocenters. The van der Waals surface area contributed by atoms with E-state index in [0.717, 1.165) is 44.5 Å². The molecule has 0 aliphatic carbocycles. The molecular formula is C17H20ClNO3. The normalized spacial score (nSPS) is 32.5. The molecule has 0 saturated carbocycles. The van der Waals surface area contributed by atoms with E-state index in [-0.39, 0.29) is 18.2 Å². The third-order valence-corrected chi connectivity index (χ3v) is 5.25. The van der Waals surface area contributed by atoms with Gasteiger partial charge < -0.3 is 9.47 Å². The van der Waals surface area contributed by atoms with Gasteiger partial charge in [0, 0.05) is 23.6 Å². The van der Waals surface area contributed by atoms with Crippen LogP contribution in [0.3, 0.4) is 0 Å². The van der Waals surface area contributed by atoms with Crippen LogP contribution in [0.1, 0.15) is 35.7 Å².